The SMILES string of the molecule is CC(C)OCCCNC(=O)C1CCN(S(C)(=O)=O)CC1. The average Bonchev–Trinajstić information content (AvgIpc) is 2.37. The molecule has 6 nitrogen and oxygen atoms in total. The van der Waals surface area contributed by atoms with Crippen molar-refractivity contribution in [1.29, 1.82) is 0 Å². The van der Waals surface area contributed by atoms with Gasteiger partial charge in [0, 0.05) is 32.2 Å². The van der Waals surface area contributed by atoms with Crippen LogP contribution in [0.3, 0.4) is 0 Å². The molecule has 1 amide bonds. The van der Waals surface area contributed by atoms with E-state index in [-0.39, 0.29) is 17.9 Å². The molecule has 0 bridgehead atoms. The summed E-state index contributed by atoms with van der Waals surface area (Å²) in [4.78, 5) is 11.9. The van der Waals surface area contributed by atoms with Crippen molar-refractivity contribution >= 4 is 15.9 Å². The van der Waals surface area contributed by atoms with Crippen LogP contribution in [0.4, 0.5) is 0 Å². The Labute approximate surface area is 121 Å². The van der Waals surface area contributed by atoms with Gasteiger partial charge in [-0.15, -0.1) is 0 Å². The number of piperidine rings is 1. The fraction of sp³-hybridized carbons (Fsp3) is 0.923. The number of rotatable bonds is 7. The molecular weight excluding hydrogens is 280 g/mol. The number of nitrogens with one attached hydrogen (secondary N) is 1. The number of hydrogen-bond donors (Lipinski definition) is 1. The third kappa shape index (κ3) is 6.19. The standard InChI is InChI=1S/C13H26N2O4S/c1-11(2)19-10-4-7-14-13(16)12-5-8-15(9-6-12)20(3,17)18/h11-12H,4-10H2,1-3H3,(H,14,16). The Morgan fingerprint density at radius 2 is 1.95 bits per heavy atom. The van der Waals surface area contributed by atoms with E-state index in [2.05, 4.69) is 5.32 Å². The van der Waals surface area contributed by atoms with Gasteiger partial charge in [0.05, 0.1) is 12.4 Å². The van der Waals surface area contributed by atoms with Crippen LogP contribution in [0.2, 0.25) is 0 Å². The van der Waals surface area contributed by atoms with Gasteiger partial charge in [-0.25, -0.2) is 12.7 Å². The number of sulfonamides is 1. The highest BCUT2D eigenvalue weighted by molar-refractivity contribution is 7.88. The van der Waals surface area contributed by atoms with Crippen molar-refractivity contribution in [2.45, 2.75) is 39.2 Å². The van der Waals surface area contributed by atoms with Crippen LogP contribution in [0.15, 0.2) is 0 Å². The van der Waals surface area contributed by atoms with Crippen molar-refractivity contribution < 1.29 is 17.9 Å². The quantitative estimate of drug-likeness (QED) is 0.699. The summed E-state index contributed by atoms with van der Waals surface area (Å²) in [7, 11) is -3.12. The number of carbonyl (C=O) groups excluding carboxylic acids is 1. The summed E-state index contributed by atoms with van der Waals surface area (Å²) in [6.07, 6.45) is 3.42. The van der Waals surface area contributed by atoms with Crippen LogP contribution in [-0.4, -0.2) is 57.2 Å². The molecule has 1 aliphatic rings. The molecule has 1 fully saturated rings. The van der Waals surface area contributed by atoms with Gasteiger partial charge in [0.25, 0.3) is 0 Å². The third-order valence-corrected chi connectivity index (χ3v) is 4.67. The molecule has 0 atom stereocenters. The van der Waals surface area contributed by atoms with Crippen LogP contribution in [0.5, 0.6) is 0 Å². The average molecular weight is 306 g/mol. The molecule has 0 unspecified atom stereocenters. The Kier molecular flexibility index (Phi) is 6.91. The Morgan fingerprint density at radius 3 is 2.45 bits per heavy atom. The first-order valence-corrected chi connectivity index (χ1v) is 9.00. The van der Waals surface area contributed by atoms with Gasteiger partial charge >= 0.3 is 0 Å². The molecule has 1 heterocycles. The number of nitrogens with zero attached hydrogens (tertiary/aromatic N) is 1. The summed E-state index contributed by atoms with van der Waals surface area (Å²) in [6.45, 7) is 6.09. The summed E-state index contributed by atoms with van der Waals surface area (Å²) in [6, 6.07) is 0. The van der Waals surface area contributed by atoms with Crippen LogP contribution in [0.1, 0.15) is 33.1 Å². The van der Waals surface area contributed by atoms with E-state index in [1.54, 1.807) is 0 Å². The minimum Gasteiger partial charge on any atom is -0.379 e. The Balaban J connectivity index is 2.19. The van der Waals surface area contributed by atoms with Crippen molar-refractivity contribution in [3.8, 4) is 0 Å². The Bertz CT molecular complexity index is 401. The molecule has 7 heteroatoms. The molecule has 118 valence electrons. The zero-order valence-electron chi connectivity index (χ0n) is 12.6. The van der Waals surface area contributed by atoms with Gasteiger partial charge in [-0.05, 0) is 33.1 Å². The van der Waals surface area contributed by atoms with E-state index in [9.17, 15) is 13.2 Å². The largest absolute Gasteiger partial charge is 0.379 e. The second kappa shape index (κ2) is 7.95. The lowest BCUT2D eigenvalue weighted by molar-refractivity contribution is -0.126. The van der Waals surface area contributed by atoms with Gasteiger partial charge in [-0.2, -0.15) is 0 Å². The van der Waals surface area contributed by atoms with Gasteiger partial charge in [0.2, 0.25) is 15.9 Å². The molecule has 0 aromatic carbocycles. The number of amides is 1. The minimum atomic E-state index is -3.12. The highest BCUT2D eigenvalue weighted by Gasteiger charge is 2.28. The van der Waals surface area contributed by atoms with Crippen LogP contribution in [-0.2, 0) is 19.6 Å². The molecule has 1 rings (SSSR count). The smallest absolute Gasteiger partial charge is 0.223 e. The predicted molar refractivity (Wildman–Crippen MR) is 77.9 cm³/mol. The first-order chi connectivity index (χ1) is 9.30. The predicted octanol–water partition coefficient (Wildman–Crippen LogP) is 0.589. The van der Waals surface area contributed by atoms with Crippen LogP contribution in [0.25, 0.3) is 0 Å². The summed E-state index contributed by atoms with van der Waals surface area (Å²) in [5.41, 5.74) is 0. The maximum Gasteiger partial charge on any atom is 0.223 e. The molecule has 0 aliphatic carbocycles. The molecule has 1 N–H and O–H groups in total. The van der Waals surface area contributed by atoms with Crippen molar-refractivity contribution in [2.24, 2.45) is 5.92 Å². The Hall–Kier alpha value is -0.660. The van der Waals surface area contributed by atoms with Gasteiger partial charge in [-0.1, -0.05) is 0 Å². The zero-order chi connectivity index (χ0) is 15.2. The molecular formula is C13H26N2O4S. The monoisotopic (exact) mass is 306 g/mol. The maximum absolute atomic E-state index is 11.9. The molecule has 20 heavy (non-hydrogen) atoms. The van der Waals surface area contributed by atoms with E-state index in [0.29, 0.717) is 39.1 Å². The van der Waals surface area contributed by atoms with E-state index in [1.165, 1.54) is 10.6 Å². The van der Waals surface area contributed by atoms with E-state index in [0.717, 1.165) is 6.42 Å². The second-order valence-corrected chi connectivity index (χ2v) is 7.48. The van der Waals surface area contributed by atoms with Gasteiger partial charge < -0.3 is 10.1 Å². The van der Waals surface area contributed by atoms with Crippen LogP contribution < -0.4 is 5.32 Å². The Morgan fingerprint density at radius 1 is 1.35 bits per heavy atom. The van der Waals surface area contributed by atoms with E-state index in [1.807, 2.05) is 13.8 Å². The van der Waals surface area contributed by atoms with E-state index in [4.69, 9.17) is 4.74 Å². The number of ether oxygens (including phenoxy) is 1. The number of hydrogen-bond acceptors (Lipinski definition) is 4. The van der Waals surface area contributed by atoms with E-state index < -0.39 is 10.0 Å². The van der Waals surface area contributed by atoms with Gasteiger partial charge in [0.1, 0.15) is 0 Å². The summed E-state index contributed by atoms with van der Waals surface area (Å²) in [5.74, 6) is -0.0401. The van der Waals surface area contributed by atoms with Crippen molar-refractivity contribution in [1.82, 2.24) is 9.62 Å². The van der Waals surface area contributed by atoms with Crippen LogP contribution in [0, 0.1) is 5.92 Å². The zero-order valence-corrected chi connectivity index (χ0v) is 13.4. The molecule has 0 aromatic rings. The topological polar surface area (TPSA) is 75.7 Å². The lowest BCUT2D eigenvalue weighted by Gasteiger charge is -2.29. The molecule has 1 saturated heterocycles. The fourth-order valence-electron chi connectivity index (χ4n) is 2.20. The fourth-order valence-corrected chi connectivity index (χ4v) is 3.07. The van der Waals surface area contributed by atoms with Gasteiger partial charge in [-0.3, -0.25) is 4.79 Å². The summed E-state index contributed by atoms with van der Waals surface area (Å²) >= 11 is 0. The third-order valence-electron chi connectivity index (χ3n) is 3.37. The van der Waals surface area contributed by atoms with Crippen molar-refractivity contribution in [2.75, 3.05) is 32.5 Å². The highest BCUT2D eigenvalue weighted by Crippen LogP contribution is 2.19. The molecule has 0 spiro atoms. The molecule has 0 aromatic heterocycles. The van der Waals surface area contributed by atoms with Crippen molar-refractivity contribution in [3.05, 3.63) is 0 Å². The molecule has 0 saturated carbocycles. The second-order valence-electron chi connectivity index (χ2n) is 5.50. The summed E-state index contributed by atoms with van der Waals surface area (Å²) < 4.78 is 29.6. The van der Waals surface area contributed by atoms with Crippen LogP contribution >= 0.6 is 0 Å². The number of carbonyl (C=O) groups is 1. The van der Waals surface area contributed by atoms with E-state index >= 15 is 0 Å². The first-order valence-electron chi connectivity index (χ1n) is 7.15. The maximum atomic E-state index is 11.9. The lowest BCUT2D eigenvalue weighted by atomic mass is 9.97. The normalized spacial score (nSPS) is 18.4. The molecule has 0 radical (unpaired) electrons. The minimum absolute atomic E-state index is 0.0303. The first kappa shape index (κ1) is 17.4. The lowest BCUT2D eigenvalue weighted by Crippen LogP contribution is -2.42. The molecule has 1 aliphatic heterocycles. The summed E-state index contributed by atoms with van der Waals surface area (Å²) in [5, 5.41) is 2.89. The highest BCUT2D eigenvalue weighted by atomic mass is 32.2. The van der Waals surface area contributed by atoms with Gasteiger partial charge in [0.15, 0.2) is 0 Å². The van der Waals surface area contributed by atoms with Crippen molar-refractivity contribution in [3.63, 3.8) is 0 Å².